The molecule has 1 aromatic heterocycles. The van der Waals surface area contributed by atoms with Crippen LogP contribution in [0.2, 0.25) is 0 Å². The molecule has 2 N–H and O–H groups in total. The molecule has 0 spiro atoms. The van der Waals surface area contributed by atoms with Crippen LogP contribution in [0.5, 0.6) is 0 Å². The zero-order chi connectivity index (χ0) is 14.8. The van der Waals surface area contributed by atoms with Gasteiger partial charge < -0.3 is 15.2 Å². The van der Waals surface area contributed by atoms with E-state index in [0.717, 1.165) is 17.4 Å². The van der Waals surface area contributed by atoms with Crippen LogP contribution in [0.25, 0.3) is 0 Å². The summed E-state index contributed by atoms with van der Waals surface area (Å²) >= 11 is 0. The normalized spacial score (nSPS) is 17.5. The first kappa shape index (κ1) is 14.9. The van der Waals surface area contributed by atoms with E-state index in [0.29, 0.717) is 25.6 Å². The number of carbonyl (C=O) groups excluding carboxylic acids is 1. The van der Waals surface area contributed by atoms with E-state index in [1.165, 1.54) is 18.3 Å². The molecule has 1 fully saturated rings. The Morgan fingerprint density at radius 3 is 2.55 bits per heavy atom. The van der Waals surface area contributed by atoms with Gasteiger partial charge in [-0.25, -0.2) is 0 Å². The van der Waals surface area contributed by atoms with Crippen LogP contribution >= 0.6 is 0 Å². The van der Waals surface area contributed by atoms with Crippen molar-refractivity contribution >= 4 is 5.91 Å². The lowest BCUT2D eigenvalue weighted by Crippen LogP contribution is -2.41. The summed E-state index contributed by atoms with van der Waals surface area (Å²) in [5.41, 5.74) is 5.67. The van der Waals surface area contributed by atoms with E-state index in [1.807, 2.05) is 0 Å². The van der Waals surface area contributed by atoms with Crippen LogP contribution in [-0.4, -0.2) is 41.2 Å². The minimum absolute atomic E-state index is 0.0912. The van der Waals surface area contributed by atoms with Crippen LogP contribution in [-0.2, 0) is 6.54 Å². The van der Waals surface area contributed by atoms with Crippen LogP contribution in [0.3, 0.4) is 0 Å². The fourth-order valence-electron chi connectivity index (χ4n) is 2.47. The highest BCUT2D eigenvalue weighted by atomic mass is 19.4. The zero-order valence-electron chi connectivity index (χ0n) is 11.1. The van der Waals surface area contributed by atoms with E-state index in [1.54, 1.807) is 4.90 Å². The van der Waals surface area contributed by atoms with E-state index in [-0.39, 0.29) is 11.6 Å². The Morgan fingerprint density at radius 1 is 1.35 bits per heavy atom. The van der Waals surface area contributed by atoms with Crippen molar-refractivity contribution in [2.75, 3.05) is 19.6 Å². The number of nitrogens with two attached hydrogens (primary N) is 1. The highest BCUT2D eigenvalue weighted by Gasteiger charge is 2.31. The molecule has 20 heavy (non-hydrogen) atoms. The maximum absolute atomic E-state index is 12.4. The number of hydrogen-bond acceptors (Lipinski definition) is 2. The molecule has 1 saturated heterocycles. The van der Waals surface area contributed by atoms with Crippen molar-refractivity contribution in [3.05, 3.63) is 24.0 Å². The Balaban J connectivity index is 2.05. The third-order valence-electron chi connectivity index (χ3n) is 3.63. The van der Waals surface area contributed by atoms with Crippen molar-refractivity contribution in [3.8, 4) is 0 Å². The number of likely N-dealkylation sites (tertiary alicyclic amines) is 1. The van der Waals surface area contributed by atoms with Crippen LogP contribution in [0.4, 0.5) is 13.2 Å². The number of halogens is 3. The van der Waals surface area contributed by atoms with Crippen LogP contribution < -0.4 is 5.73 Å². The minimum Gasteiger partial charge on any atom is -0.337 e. The molecule has 1 aliphatic heterocycles. The predicted octanol–water partition coefficient (Wildman–Crippen LogP) is 1.86. The second-order valence-corrected chi connectivity index (χ2v) is 5.11. The smallest absolute Gasteiger partial charge is 0.337 e. The third kappa shape index (κ3) is 3.53. The standard InChI is InChI=1S/C13H18F3N3O/c14-13(15,16)9-19-5-1-2-11(19)12(20)18-6-3-10(8-17)4-7-18/h1-2,5,10H,3-4,6-9,17H2. The average Bonchev–Trinajstić information content (AvgIpc) is 2.84. The molecular weight excluding hydrogens is 271 g/mol. The lowest BCUT2D eigenvalue weighted by Gasteiger charge is -2.31. The van der Waals surface area contributed by atoms with Gasteiger partial charge in [0.25, 0.3) is 5.91 Å². The van der Waals surface area contributed by atoms with Crippen LogP contribution in [0.15, 0.2) is 18.3 Å². The number of carbonyl (C=O) groups is 1. The van der Waals surface area contributed by atoms with E-state index in [2.05, 4.69) is 0 Å². The maximum Gasteiger partial charge on any atom is 0.406 e. The number of rotatable bonds is 3. The van der Waals surface area contributed by atoms with Gasteiger partial charge >= 0.3 is 6.18 Å². The summed E-state index contributed by atoms with van der Waals surface area (Å²) in [6.07, 6.45) is -1.43. The lowest BCUT2D eigenvalue weighted by molar-refractivity contribution is -0.140. The molecule has 0 unspecified atom stereocenters. The van der Waals surface area contributed by atoms with Gasteiger partial charge in [0.2, 0.25) is 0 Å². The Morgan fingerprint density at radius 2 is 2.00 bits per heavy atom. The number of nitrogens with zero attached hydrogens (tertiary/aromatic N) is 2. The van der Waals surface area contributed by atoms with E-state index in [4.69, 9.17) is 5.73 Å². The summed E-state index contributed by atoms with van der Waals surface area (Å²) in [6.45, 7) is 0.558. The first-order valence-corrected chi connectivity index (χ1v) is 6.62. The molecule has 2 rings (SSSR count). The number of alkyl halides is 3. The van der Waals surface area contributed by atoms with Crippen LogP contribution in [0, 0.1) is 5.92 Å². The molecule has 0 saturated carbocycles. The second-order valence-electron chi connectivity index (χ2n) is 5.11. The monoisotopic (exact) mass is 289 g/mol. The summed E-state index contributed by atoms with van der Waals surface area (Å²) in [5, 5.41) is 0. The van der Waals surface area contributed by atoms with Gasteiger partial charge in [0.1, 0.15) is 12.2 Å². The molecule has 1 amide bonds. The Hall–Kier alpha value is -1.50. The summed E-state index contributed by atoms with van der Waals surface area (Å²) in [5.74, 6) is 0.0655. The van der Waals surface area contributed by atoms with Crippen molar-refractivity contribution < 1.29 is 18.0 Å². The Bertz CT molecular complexity index is 462. The van der Waals surface area contributed by atoms with Gasteiger partial charge in [-0.3, -0.25) is 4.79 Å². The van der Waals surface area contributed by atoms with Gasteiger partial charge in [-0.15, -0.1) is 0 Å². The predicted molar refractivity (Wildman–Crippen MR) is 68.2 cm³/mol. The van der Waals surface area contributed by atoms with Crippen molar-refractivity contribution in [2.24, 2.45) is 11.7 Å². The SMILES string of the molecule is NCC1CCN(C(=O)c2cccn2CC(F)(F)F)CC1. The quantitative estimate of drug-likeness (QED) is 0.923. The van der Waals surface area contributed by atoms with E-state index >= 15 is 0 Å². The van der Waals surface area contributed by atoms with Gasteiger partial charge in [0, 0.05) is 19.3 Å². The van der Waals surface area contributed by atoms with Crippen molar-refractivity contribution in [2.45, 2.75) is 25.6 Å². The second kappa shape index (κ2) is 5.87. The van der Waals surface area contributed by atoms with Crippen molar-refractivity contribution in [1.82, 2.24) is 9.47 Å². The molecule has 0 bridgehead atoms. The van der Waals surface area contributed by atoms with Gasteiger partial charge in [0.15, 0.2) is 0 Å². The fourth-order valence-corrected chi connectivity index (χ4v) is 2.47. The minimum atomic E-state index is -4.33. The van der Waals surface area contributed by atoms with Crippen molar-refractivity contribution in [1.29, 1.82) is 0 Å². The van der Waals surface area contributed by atoms with Gasteiger partial charge in [-0.05, 0) is 37.4 Å². The van der Waals surface area contributed by atoms with Crippen molar-refractivity contribution in [3.63, 3.8) is 0 Å². The number of amides is 1. The number of piperidine rings is 1. The molecule has 0 radical (unpaired) electrons. The Kier molecular flexibility index (Phi) is 4.37. The highest BCUT2D eigenvalue weighted by Crippen LogP contribution is 2.21. The van der Waals surface area contributed by atoms with Gasteiger partial charge in [0.05, 0.1) is 0 Å². The third-order valence-corrected chi connectivity index (χ3v) is 3.63. The molecule has 0 aromatic carbocycles. The topological polar surface area (TPSA) is 51.3 Å². The molecule has 1 aromatic rings. The van der Waals surface area contributed by atoms with Crippen LogP contribution in [0.1, 0.15) is 23.3 Å². The highest BCUT2D eigenvalue weighted by molar-refractivity contribution is 5.92. The summed E-state index contributed by atoms with van der Waals surface area (Å²) < 4.78 is 38.3. The summed E-state index contributed by atoms with van der Waals surface area (Å²) in [4.78, 5) is 13.9. The molecule has 7 heteroatoms. The summed E-state index contributed by atoms with van der Waals surface area (Å²) in [6, 6.07) is 2.90. The largest absolute Gasteiger partial charge is 0.406 e. The van der Waals surface area contributed by atoms with E-state index in [9.17, 15) is 18.0 Å². The number of hydrogen-bond donors (Lipinski definition) is 1. The first-order valence-electron chi connectivity index (χ1n) is 6.62. The molecular formula is C13H18F3N3O. The fraction of sp³-hybridized carbons (Fsp3) is 0.615. The summed E-state index contributed by atoms with van der Waals surface area (Å²) in [7, 11) is 0. The lowest BCUT2D eigenvalue weighted by atomic mass is 9.97. The zero-order valence-corrected chi connectivity index (χ0v) is 11.1. The molecule has 1 aliphatic rings. The Labute approximate surface area is 115 Å². The molecule has 2 heterocycles. The molecule has 0 atom stereocenters. The van der Waals surface area contributed by atoms with Gasteiger partial charge in [-0.1, -0.05) is 0 Å². The maximum atomic E-state index is 12.4. The molecule has 112 valence electrons. The van der Waals surface area contributed by atoms with E-state index < -0.39 is 12.7 Å². The average molecular weight is 289 g/mol. The molecule has 0 aliphatic carbocycles. The molecule has 4 nitrogen and oxygen atoms in total. The van der Waals surface area contributed by atoms with Gasteiger partial charge in [-0.2, -0.15) is 13.2 Å². The first-order chi connectivity index (χ1) is 9.40. The number of aromatic nitrogens is 1.